The standard InChI is InChI=1S/C14H23N/c1-4-5-9-12(2)15-13(3)14-10-7-6-8-11-14/h6-8,10-13,15H,4-5,9H2,1-3H3. The Balaban J connectivity index is 2.38. The lowest BCUT2D eigenvalue weighted by Gasteiger charge is -2.20. The monoisotopic (exact) mass is 205 g/mol. The molecule has 2 atom stereocenters. The molecule has 2 unspecified atom stereocenters. The van der Waals surface area contributed by atoms with E-state index in [4.69, 9.17) is 0 Å². The van der Waals surface area contributed by atoms with E-state index >= 15 is 0 Å². The maximum absolute atomic E-state index is 3.63. The van der Waals surface area contributed by atoms with E-state index in [0.717, 1.165) is 0 Å². The molecule has 1 aromatic rings. The molecule has 0 saturated carbocycles. The summed E-state index contributed by atoms with van der Waals surface area (Å²) < 4.78 is 0. The molecule has 0 radical (unpaired) electrons. The highest BCUT2D eigenvalue weighted by atomic mass is 14.9. The molecule has 1 rings (SSSR count). The summed E-state index contributed by atoms with van der Waals surface area (Å²) in [6, 6.07) is 11.7. The van der Waals surface area contributed by atoms with Gasteiger partial charge in [-0.3, -0.25) is 0 Å². The lowest BCUT2D eigenvalue weighted by molar-refractivity contribution is 0.444. The minimum Gasteiger partial charge on any atom is -0.308 e. The van der Waals surface area contributed by atoms with Crippen LogP contribution in [0.25, 0.3) is 0 Å². The molecule has 0 fully saturated rings. The molecule has 0 aliphatic rings. The summed E-state index contributed by atoms with van der Waals surface area (Å²) in [7, 11) is 0. The Hall–Kier alpha value is -0.820. The van der Waals surface area contributed by atoms with Crippen molar-refractivity contribution in [3.05, 3.63) is 35.9 Å². The van der Waals surface area contributed by atoms with E-state index in [1.807, 2.05) is 0 Å². The van der Waals surface area contributed by atoms with Crippen LogP contribution in [0.5, 0.6) is 0 Å². The molecule has 0 bridgehead atoms. The van der Waals surface area contributed by atoms with Crippen LogP contribution in [0.15, 0.2) is 30.3 Å². The second-order valence-electron chi connectivity index (χ2n) is 4.34. The maximum Gasteiger partial charge on any atom is 0.0294 e. The lowest BCUT2D eigenvalue weighted by Crippen LogP contribution is -2.28. The summed E-state index contributed by atoms with van der Waals surface area (Å²) in [5.41, 5.74) is 1.38. The average molecular weight is 205 g/mol. The maximum atomic E-state index is 3.63. The summed E-state index contributed by atoms with van der Waals surface area (Å²) in [5.74, 6) is 0. The van der Waals surface area contributed by atoms with E-state index in [1.165, 1.54) is 24.8 Å². The molecule has 0 aliphatic carbocycles. The van der Waals surface area contributed by atoms with E-state index in [-0.39, 0.29) is 0 Å². The first-order chi connectivity index (χ1) is 7.24. The van der Waals surface area contributed by atoms with Crippen LogP contribution in [0.1, 0.15) is 51.6 Å². The predicted octanol–water partition coefficient (Wildman–Crippen LogP) is 3.92. The van der Waals surface area contributed by atoms with Crippen molar-refractivity contribution in [2.45, 2.75) is 52.1 Å². The first-order valence-corrected chi connectivity index (χ1v) is 6.05. The van der Waals surface area contributed by atoms with E-state index < -0.39 is 0 Å². The molecule has 84 valence electrons. The number of hydrogen-bond acceptors (Lipinski definition) is 1. The van der Waals surface area contributed by atoms with Gasteiger partial charge in [-0.25, -0.2) is 0 Å². The highest BCUT2D eigenvalue weighted by Crippen LogP contribution is 2.13. The van der Waals surface area contributed by atoms with Crippen LogP contribution < -0.4 is 5.32 Å². The summed E-state index contributed by atoms with van der Waals surface area (Å²) in [4.78, 5) is 0. The topological polar surface area (TPSA) is 12.0 Å². The SMILES string of the molecule is CCCCC(C)NC(C)c1ccccc1. The smallest absolute Gasteiger partial charge is 0.0294 e. The zero-order chi connectivity index (χ0) is 11.1. The van der Waals surface area contributed by atoms with Gasteiger partial charge < -0.3 is 5.32 Å². The van der Waals surface area contributed by atoms with Crippen LogP contribution in [-0.2, 0) is 0 Å². The third kappa shape index (κ3) is 4.48. The van der Waals surface area contributed by atoms with Crippen LogP contribution in [0, 0.1) is 0 Å². The Labute approximate surface area is 93.9 Å². The zero-order valence-electron chi connectivity index (χ0n) is 10.2. The van der Waals surface area contributed by atoms with Gasteiger partial charge >= 0.3 is 0 Å². The number of nitrogens with one attached hydrogen (secondary N) is 1. The van der Waals surface area contributed by atoms with Crippen molar-refractivity contribution in [3.8, 4) is 0 Å². The summed E-state index contributed by atoms with van der Waals surface area (Å²) in [6.07, 6.45) is 3.87. The van der Waals surface area contributed by atoms with Gasteiger partial charge in [-0.05, 0) is 25.8 Å². The molecular weight excluding hydrogens is 182 g/mol. The van der Waals surface area contributed by atoms with Gasteiger partial charge in [0.15, 0.2) is 0 Å². The van der Waals surface area contributed by atoms with Crippen LogP contribution in [0.3, 0.4) is 0 Å². The molecule has 0 heterocycles. The quantitative estimate of drug-likeness (QED) is 0.742. The Kier molecular flexibility index (Phi) is 5.41. The van der Waals surface area contributed by atoms with Gasteiger partial charge in [0.1, 0.15) is 0 Å². The van der Waals surface area contributed by atoms with Crippen molar-refractivity contribution < 1.29 is 0 Å². The fourth-order valence-electron chi connectivity index (χ4n) is 1.86. The molecule has 15 heavy (non-hydrogen) atoms. The number of benzene rings is 1. The molecule has 0 aliphatic heterocycles. The van der Waals surface area contributed by atoms with Gasteiger partial charge in [0.25, 0.3) is 0 Å². The van der Waals surface area contributed by atoms with E-state index in [0.29, 0.717) is 12.1 Å². The Morgan fingerprint density at radius 1 is 1.13 bits per heavy atom. The van der Waals surface area contributed by atoms with E-state index in [2.05, 4.69) is 56.4 Å². The number of rotatable bonds is 6. The molecule has 0 amide bonds. The summed E-state index contributed by atoms with van der Waals surface area (Å²) in [6.45, 7) is 6.75. The molecule has 0 aromatic heterocycles. The predicted molar refractivity (Wildman–Crippen MR) is 67.0 cm³/mol. The van der Waals surface area contributed by atoms with Crippen LogP contribution in [0.2, 0.25) is 0 Å². The normalized spacial score (nSPS) is 14.9. The molecule has 1 heteroatoms. The van der Waals surface area contributed by atoms with Gasteiger partial charge in [-0.1, -0.05) is 50.1 Å². The van der Waals surface area contributed by atoms with Crippen LogP contribution >= 0.6 is 0 Å². The molecule has 1 aromatic carbocycles. The minimum atomic E-state index is 0.457. The molecule has 1 nitrogen and oxygen atoms in total. The average Bonchev–Trinajstić information content (AvgIpc) is 2.27. The minimum absolute atomic E-state index is 0.457. The van der Waals surface area contributed by atoms with Gasteiger partial charge in [0.05, 0.1) is 0 Å². The van der Waals surface area contributed by atoms with E-state index in [9.17, 15) is 0 Å². The molecule has 1 N–H and O–H groups in total. The third-order valence-corrected chi connectivity index (χ3v) is 2.82. The third-order valence-electron chi connectivity index (χ3n) is 2.82. The highest BCUT2D eigenvalue weighted by Gasteiger charge is 2.07. The number of unbranched alkanes of at least 4 members (excludes halogenated alkanes) is 1. The molecular formula is C14H23N. The first kappa shape index (κ1) is 12.3. The van der Waals surface area contributed by atoms with E-state index in [1.54, 1.807) is 0 Å². The molecule has 0 spiro atoms. The largest absolute Gasteiger partial charge is 0.308 e. The lowest BCUT2D eigenvalue weighted by atomic mass is 10.1. The van der Waals surface area contributed by atoms with Crippen molar-refractivity contribution in [1.29, 1.82) is 0 Å². The van der Waals surface area contributed by atoms with Gasteiger partial charge in [0, 0.05) is 12.1 Å². The Morgan fingerprint density at radius 2 is 1.80 bits per heavy atom. The highest BCUT2D eigenvalue weighted by molar-refractivity contribution is 5.18. The van der Waals surface area contributed by atoms with Crippen molar-refractivity contribution in [1.82, 2.24) is 5.32 Å². The number of hydrogen-bond donors (Lipinski definition) is 1. The Morgan fingerprint density at radius 3 is 2.40 bits per heavy atom. The van der Waals surface area contributed by atoms with Crippen molar-refractivity contribution in [2.75, 3.05) is 0 Å². The van der Waals surface area contributed by atoms with Gasteiger partial charge in [-0.15, -0.1) is 0 Å². The molecule has 0 saturated heterocycles. The second kappa shape index (κ2) is 6.62. The van der Waals surface area contributed by atoms with Gasteiger partial charge in [0.2, 0.25) is 0 Å². The van der Waals surface area contributed by atoms with Crippen molar-refractivity contribution in [2.24, 2.45) is 0 Å². The van der Waals surface area contributed by atoms with Crippen molar-refractivity contribution >= 4 is 0 Å². The summed E-state index contributed by atoms with van der Waals surface area (Å²) >= 11 is 0. The fraction of sp³-hybridized carbons (Fsp3) is 0.571. The van der Waals surface area contributed by atoms with Crippen LogP contribution in [0.4, 0.5) is 0 Å². The fourth-order valence-corrected chi connectivity index (χ4v) is 1.86. The Bertz CT molecular complexity index is 255. The second-order valence-corrected chi connectivity index (χ2v) is 4.34. The van der Waals surface area contributed by atoms with Gasteiger partial charge in [-0.2, -0.15) is 0 Å². The summed E-state index contributed by atoms with van der Waals surface area (Å²) in [5, 5.41) is 3.63. The van der Waals surface area contributed by atoms with Crippen molar-refractivity contribution in [3.63, 3.8) is 0 Å². The first-order valence-electron chi connectivity index (χ1n) is 6.05. The zero-order valence-corrected chi connectivity index (χ0v) is 10.2. The van der Waals surface area contributed by atoms with Crippen LogP contribution in [-0.4, -0.2) is 6.04 Å².